The molecule has 3 rings (SSSR count). The molecule has 10 heteroatoms. The molecule has 0 fully saturated rings. The Morgan fingerprint density at radius 2 is 1.70 bits per heavy atom. The van der Waals surface area contributed by atoms with Gasteiger partial charge in [-0.2, -0.15) is 0 Å². The van der Waals surface area contributed by atoms with Crippen molar-refractivity contribution in [2.75, 3.05) is 6.54 Å². The summed E-state index contributed by atoms with van der Waals surface area (Å²) in [6.45, 7) is 6.01. The largest absolute Gasteiger partial charge is 0.354 e. The molecule has 2 N–H and O–H groups in total. The van der Waals surface area contributed by atoms with Gasteiger partial charge in [-0.15, -0.1) is 5.10 Å². The van der Waals surface area contributed by atoms with Crippen molar-refractivity contribution in [3.63, 3.8) is 0 Å². The Morgan fingerprint density at radius 3 is 2.49 bits per heavy atom. The molecule has 0 radical (unpaired) electrons. The zero-order valence-corrected chi connectivity index (χ0v) is 22.2. The maximum absolute atomic E-state index is 13.5. The number of carbonyl (C=O) groups excluding carboxylic acids is 3. The Kier molecular flexibility index (Phi) is 11.5. The monoisotopic (exact) mass is 511 g/mol. The van der Waals surface area contributed by atoms with Gasteiger partial charge in [-0.3, -0.25) is 14.4 Å². The van der Waals surface area contributed by atoms with Gasteiger partial charge in [0.05, 0.1) is 6.54 Å². The van der Waals surface area contributed by atoms with Crippen LogP contribution >= 0.6 is 0 Å². The van der Waals surface area contributed by atoms with Crippen molar-refractivity contribution >= 4 is 17.7 Å². The Balaban J connectivity index is 1.73. The van der Waals surface area contributed by atoms with E-state index in [4.69, 9.17) is 0 Å². The number of amides is 3. The normalized spacial score (nSPS) is 19.7. The Hall–Kier alpha value is -3.30. The number of tetrazole rings is 1. The summed E-state index contributed by atoms with van der Waals surface area (Å²) in [6.07, 6.45) is 6.11. The average molecular weight is 512 g/mol. The number of aryl methyl sites for hydroxylation is 1. The van der Waals surface area contributed by atoms with Crippen molar-refractivity contribution in [1.82, 2.24) is 35.7 Å². The van der Waals surface area contributed by atoms with Crippen molar-refractivity contribution in [2.45, 2.75) is 97.3 Å². The first-order valence-electron chi connectivity index (χ1n) is 13.6. The van der Waals surface area contributed by atoms with E-state index >= 15 is 0 Å². The summed E-state index contributed by atoms with van der Waals surface area (Å²) in [5.41, 5.74) is 1.01. The van der Waals surface area contributed by atoms with Crippen molar-refractivity contribution in [2.24, 2.45) is 5.92 Å². The van der Waals surface area contributed by atoms with Crippen LogP contribution in [-0.2, 0) is 34.0 Å². The van der Waals surface area contributed by atoms with Crippen LogP contribution in [0.5, 0.6) is 0 Å². The lowest BCUT2D eigenvalue weighted by Gasteiger charge is -2.32. The predicted molar refractivity (Wildman–Crippen MR) is 140 cm³/mol. The third-order valence-corrected chi connectivity index (χ3v) is 6.58. The first kappa shape index (κ1) is 28.3. The van der Waals surface area contributed by atoms with E-state index in [2.05, 4.69) is 40.0 Å². The SMILES string of the molecule is CC(C)CC1C(=O)NCCCCCC(=O)NCc2nnnn2CCCCCC(=O)N1Cc1ccccc1. The molecule has 37 heavy (non-hydrogen) atoms. The van der Waals surface area contributed by atoms with Crippen molar-refractivity contribution < 1.29 is 14.4 Å². The van der Waals surface area contributed by atoms with Crippen LogP contribution < -0.4 is 10.6 Å². The summed E-state index contributed by atoms with van der Waals surface area (Å²) in [5.74, 6) is 0.768. The maximum Gasteiger partial charge on any atom is 0.242 e. The highest BCUT2D eigenvalue weighted by atomic mass is 16.2. The highest BCUT2D eigenvalue weighted by Gasteiger charge is 2.30. The van der Waals surface area contributed by atoms with Crippen molar-refractivity contribution in [1.29, 1.82) is 0 Å². The highest BCUT2D eigenvalue weighted by molar-refractivity contribution is 5.87. The second-order valence-corrected chi connectivity index (χ2v) is 10.2. The number of fused-ring (bicyclic) bond motifs is 1. The van der Waals surface area contributed by atoms with Gasteiger partial charge in [-0.05, 0) is 54.0 Å². The molecule has 2 aromatic rings. The summed E-state index contributed by atoms with van der Waals surface area (Å²) < 4.78 is 1.71. The summed E-state index contributed by atoms with van der Waals surface area (Å²) in [7, 11) is 0. The number of nitrogens with one attached hydrogen (secondary N) is 2. The number of carbonyl (C=O) groups is 3. The Labute approximate surface area is 219 Å². The second kappa shape index (κ2) is 15.1. The number of rotatable bonds is 4. The van der Waals surface area contributed by atoms with E-state index in [1.54, 1.807) is 9.58 Å². The maximum atomic E-state index is 13.5. The summed E-state index contributed by atoms with van der Waals surface area (Å²) >= 11 is 0. The predicted octanol–water partition coefficient (Wildman–Crippen LogP) is 2.98. The van der Waals surface area contributed by atoms with E-state index < -0.39 is 6.04 Å². The smallest absolute Gasteiger partial charge is 0.242 e. The molecule has 0 saturated heterocycles. The molecule has 202 valence electrons. The molecule has 1 atom stereocenters. The molecule has 1 aliphatic heterocycles. The van der Waals surface area contributed by atoms with Gasteiger partial charge in [0.1, 0.15) is 6.04 Å². The zero-order valence-electron chi connectivity index (χ0n) is 22.2. The van der Waals surface area contributed by atoms with Gasteiger partial charge in [-0.25, -0.2) is 4.68 Å². The van der Waals surface area contributed by atoms with E-state index in [0.29, 0.717) is 57.7 Å². The van der Waals surface area contributed by atoms with Crippen LogP contribution in [0.1, 0.15) is 83.0 Å². The van der Waals surface area contributed by atoms with Gasteiger partial charge in [-0.1, -0.05) is 57.0 Å². The summed E-state index contributed by atoms with van der Waals surface area (Å²) in [4.78, 5) is 40.8. The summed E-state index contributed by atoms with van der Waals surface area (Å²) in [6, 6.07) is 9.33. The van der Waals surface area contributed by atoms with Gasteiger partial charge in [0, 0.05) is 32.5 Å². The van der Waals surface area contributed by atoms with Gasteiger partial charge in [0.2, 0.25) is 17.7 Å². The van der Waals surface area contributed by atoms with E-state index in [1.165, 1.54) is 0 Å². The van der Waals surface area contributed by atoms with Crippen molar-refractivity contribution in [3.05, 3.63) is 41.7 Å². The molecule has 1 aromatic carbocycles. The number of nitrogens with zero attached hydrogens (tertiary/aromatic N) is 5. The standard InChI is InChI=1S/C27H41N7O3/c1-21(2)18-23-27(37)28-16-10-4-8-14-25(35)29-19-24-30-31-32-34(24)17-11-5-9-15-26(36)33(23)20-22-12-6-3-7-13-22/h3,6-7,12-13,21,23H,4-5,8-11,14-20H2,1-2H3,(H,28,37)(H,29,35). The number of hydrogen-bond donors (Lipinski definition) is 2. The Bertz CT molecular complexity index is 993. The molecule has 10 nitrogen and oxygen atoms in total. The first-order chi connectivity index (χ1) is 17.9. The van der Waals surface area contributed by atoms with E-state index in [9.17, 15) is 14.4 Å². The van der Waals surface area contributed by atoms with Crippen LogP contribution in [0.3, 0.4) is 0 Å². The minimum Gasteiger partial charge on any atom is -0.354 e. The molecule has 0 aliphatic carbocycles. The minimum absolute atomic E-state index is 0.00452. The lowest BCUT2D eigenvalue weighted by atomic mass is 9.99. The minimum atomic E-state index is -0.520. The number of hydrogen-bond acceptors (Lipinski definition) is 6. The molecule has 2 heterocycles. The van der Waals surface area contributed by atoms with Crippen LogP contribution in [0.25, 0.3) is 0 Å². The van der Waals surface area contributed by atoms with Crippen LogP contribution in [-0.4, -0.2) is 55.4 Å². The van der Waals surface area contributed by atoms with E-state index in [1.807, 2.05) is 30.3 Å². The van der Waals surface area contributed by atoms with Gasteiger partial charge in [0.15, 0.2) is 5.82 Å². The molecule has 1 aromatic heterocycles. The highest BCUT2D eigenvalue weighted by Crippen LogP contribution is 2.19. The number of benzene rings is 1. The van der Waals surface area contributed by atoms with Crippen LogP contribution in [0, 0.1) is 5.92 Å². The molecule has 3 amide bonds. The fourth-order valence-electron chi connectivity index (χ4n) is 4.54. The molecule has 0 bridgehead atoms. The lowest BCUT2D eigenvalue weighted by Crippen LogP contribution is -2.50. The quantitative estimate of drug-likeness (QED) is 0.651. The van der Waals surface area contributed by atoms with E-state index in [0.717, 1.165) is 37.7 Å². The molecule has 1 unspecified atom stereocenters. The van der Waals surface area contributed by atoms with Gasteiger partial charge >= 0.3 is 0 Å². The molecule has 0 saturated carbocycles. The second-order valence-electron chi connectivity index (χ2n) is 10.2. The molecular weight excluding hydrogens is 470 g/mol. The van der Waals surface area contributed by atoms with Crippen LogP contribution in [0.4, 0.5) is 0 Å². The third-order valence-electron chi connectivity index (χ3n) is 6.58. The fraction of sp³-hybridized carbons (Fsp3) is 0.630. The molecule has 0 spiro atoms. The topological polar surface area (TPSA) is 122 Å². The summed E-state index contributed by atoms with van der Waals surface area (Å²) in [5, 5.41) is 17.8. The van der Waals surface area contributed by atoms with Gasteiger partial charge in [0.25, 0.3) is 0 Å². The third kappa shape index (κ3) is 9.59. The molecular formula is C27H41N7O3. The Morgan fingerprint density at radius 1 is 0.946 bits per heavy atom. The first-order valence-corrected chi connectivity index (χ1v) is 13.6. The van der Waals surface area contributed by atoms with Crippen molar-refractivity contribution in [3.8, 4) is 0 Å². The zero-order chi connectivity index (χ0) is 26.5. The average Bonchev–Trinajstić information content (AvgIpc) is 3.33. The van der Waals surface area contributed by atoms with Crippen LogP contribution in [0.15, 0.2) is 30.3 Å². The molecule has 1 aliphatic rings. The van der Waals surface area contributed by atoms with E-state index in [-0.39, 0.29) is 23.6 Å². The van der Waals surface area contributed by atoms with Crippen LogP contribution in [0.2, 0.25) is 0 Å². The number of aromatic nitrogens is 4. The lowest BCUT2D eigenvalue weighted by molar-refractivity contribution is -0.142. The fourth-order valence-corrected chi connectivity index (χ4v) is 4.54. The van der Waals surface area contributed by atoms with Gasteiger partial charge < -0.3 is 15.5 Å².